The highest BCUT2D eigenvalue weighted by Crippen LogP contribution is 2.30. The minimum absolute atomic E-state index is 0.0976. The van der Waals surface area contributed by atoms with Crippen molar-refractivity contribution in [3.8, 4) is 0 Å². The summed E-state index contributed by atoms with van der Waals surface area (Å²) in [6, 6.07) is 8.84. The standard InChI is InChI=1S/C16H13ClFN3/c1-10(11-7-12(18)9-19-8-11)21-15-5-4-14(17)13-3-2-6-20-16(13)15/h2-10,21H,1H3. The summed E-state index contributed by atoms with van der Waals surface area (Å²) in [7, 11) is 0. The van der Waals surface area contributed by atoms with Crippen LogP contribution in [0.2, 0.25) is 5.02 Å². The number of halogens is 2. The molecule has 0 amide bonds. The van der Waals surface area contributed by atoms with Crippen molar-refractivity contribution in [1.82, 2.24) is 9.97 Å². The molecule has 0 saturated heterocycles. The molecule has 0 saturated carbocycles. The van der Waals surface area contributed by atoms with Crippen LogP contribution >= 0.6 is 11.6 Å². The van der Waals surface area contributed by atoms with Gasteiger partial charge in [-0.2, -0.15) is 0 Å². The maximum absolute atomic E-state index is 13.3. The van der Waals surface area contributed by atoms with Gasteiger partial charge in [0.1, 0.15) is 5.82 Å². The number of benzene rings is 1. The molecule has 0 bridgehead atoms. The van der Waals surface area contributed by atoms with Crippen molar-refractivity contribution in [2.24, 2.45) is 0 Å². The fraction of sp³-hybridized carbons (Fsp3) is 0.125. The second kappa shape index (κ2) is 5.66. The van der Waals surface area contributed by atoms with E-state index in [-0.39, 0.29) is 11.9 Å². The smallest absolute Gasteiger partial charge is 0.141 e. The number of hydrogen-bond donors (Lipinski definition) is 1. The second-order valence-electron chi connectivity index (χ2n) is 4.80. The first-order valence-corrected chi connectivity index (χ1v) is 6.93. The summed E-state index contributed by atoms with van der Waals surface area (Å²) in [6.45, 7) is 1.94. The molecule has 106 valence electrons. The summed E-state index contributed by atoms with van der Waals surface area (Å²) in [5.74, 6) is -0.347. The first kappa shape index (κ1) is 13.8. The zero-order valence-corrected chi connectivity index (χ0v) is 12.1. The van der Waals surface area contributed by atoms with Crippen molar-refractivity contribution in [1.29, 1.82) is 0 Å². The van der Waals surface area contributed by atoms with Crippen LogP contribution in [0.25, 0.3) is 10.9 Å². The highest BCUT2D eigenvalue weighted by Gasteiger charge is 2.11. The van der Waals surface area contributed by atoms with Gasteiger partial charge in [0.05, 0.1) is 28.5 Å². The Hall–Kier alpha value is -2.20. The summed E-state index contributed by atoms with van der Waals surface area (Å²) in [4.78, 5) is 8.24. The maximum Gasteiger partial charge on any atom is 0.141 e. The van der Waals surface area contributed by atoms with Gasteiger partial charge in [-0.05, 0) is 42.8 Å². The van der Waals surface area contributed by atoms with Crippen LogP contribution in [0, 0.1) is 5.82 Å². The Morgan fingerprint density at radius 3 is 2.90 bits per heavy atom. The first-order valence-electron chi connectivity index (χ1n) is 6.55. The summed E-state index contributed by atoms with van der Waals surface area (Å²) in [5.41, 5.74) is 2.42. The molecule has 1 aromatic carbocycles. The zero-order valence-electron chi connectivity index (χ0n) is 11.3. The Morgan fingerprint density at radius 2 is 2.10 bits per heavy atom. The maximum atomic E-state index is 13.3. The number of aromatic nitrogens is 2. The van der Waals surface area contributed by atoms with Crippen molar-refractivity contribution in [2.45, 2.75) is 13.0 Å². The molecule has 2 heterocycles. The lowest BCUT2D eigenvalue weighted by Gasteiger charge is -2.17. The Balaban J connectivity index is 1.97. The lowest BCUT2D eigenvalue weighted by Crippen LogP contribution is -2.08. The second-order valence-corrected chi connectivity index (χ2v) is 5.20. The Labute approximate surface area is 126 Å². The van der Waals surface area contributed by atoms with Crippen LogP contribution in [-0.4, -0.2) is 9.97 Å². The van der Waals surface area contributed by atoms with E-state index in [1.807, 2.05) is 31.2 Å². The van der Waals surface area contributed by atoms with Gasteiger partial charge in [0.15, 0.2) is 0 Å². The molecular formula is C16H13ClFN3. The van der Waals surface area contributed by atoms with Crippen LogP contribution in [0.1, 0.15) is 18.5 Å². The third kappa shape index (κ3) is 2.81. The van der Waals surface area contributed by atoms with Gasteiger partial charge < -0.3 is 5.32 Å². The van der Waals surface area contributed by atoms with Crippen molar-refractivity contribution in [3.63, 3.8) is 0 Å². The van der Waals surface area contributed by atoms with E-state index in [1.54, 1.807) is 12.4 Å². The van der Waals surface area contributed by atoms with Gasteiger partial charge in [-0.1, -0.05) is 11.6 Å². The molecule has 3 rings (SSSR count). The fourth-order valence-electron chi connectivity index (χ4n) is 2.24. The number of nitrogens with one attached hydrogen (secondary N) is 1. The fourth-order valence-corrected chi connectivity index (χ4v) is 2.45. The Kier molecular flexibility index (Phi) is 3.71. The zero-order chi connectivity index (χ0) is 14.8. The third-order valence-corrected chi connectivity index (χ3v) is 3.64. The molecule has 0 fully saturated rings. The van der Waals surface area contributed by atoms with E-state index in [2.05, 4.69) is 15.3 Å². The molecule has 0 aliphatic heterocycles. The minimum atomic E-state index is -0.347. The van der Waals surface area contributed by atoms with E-state index in [4.69, 9.17) is 11.6 Å². The van der Waals surface area contributed by atoms with E-state index >= 15 is 0 Å². The van der Waals surface area contributed by atoms with E-state index in [0.29, 0.717) is 5.02 Å². The Morgan fingerprint density at radius 1 is 1.24 bits per heavy atom. The molecule has 5 heteroatoms. The van der Waals surface area contributed by atoms with Gasteiger partial charge in [-0.15, -0.1) is 0 Å². The molecule has 0 aliphatic rings. The number of anilines is 1. The monoisotopic (exact) mass is 301 g/mol. The van der Waals surface area contributed by atoms with Gasteiger partial charge >= 0.3 is 0 Å². The average molecular weight is 302 g/mol. The topological polar surface area (TPSA) is 37.8 Å². The van der Waals surface area contributed by atoms with E-state index in [1.165, 1.54) is 12.3 Å². The van der Waals surface area contributed by atoms with Crippen LogP contribution in [0.3, 0.4) is 0 Å². The van der Waals surface area contributed by atoms with Crippen molar-refractivity contribution in [3.05, 3.63) is 65.3 Å². The quantitative estimate of drug-likeness (QED) is 0.768. The van der Waals surface area contributed by atoms with Gasteiger partial charge in [-0.3, -0.25) is 9.97 Å². The lowest BCUT2D eigenvalue weighted by atomic mass is 10.1. The van der Waals surface area contributed by atoms with Crippen molar-refractivity contribution >= 4 is 28.2 Å². The van der Waals surface area contributed by atoms with E-state index < -0.39 is 0 Å². The molecule has 0 aliphatic carbocycles. The average Bonchev–Trinajstić information content (AvgIpc) is 2.50. The van der Waals surface area contributed by atoms with Gasteiger partial charge in [0.25, 0.3) is 0 Å². The number of pyridine rings is 2. The van der Waals surface area contributed by atoms with Gasteiger partial charge in [0.2, 0.25) is 0 Å². The summed E-state index contributed by atoms with van der Waals surface area (Å²) in [5, 5.41) is 4.87. The largest absolute Gasteiger partial charge is 0.377 e. The minimum Gasteiger partial charge on any atom is -0.377 e. The molecule has 1 atom stereocenters. The summed E-state index contributed by atoms with van der Waals surface area (Å²) >= 11 is 6.18. The first-order chi connectivity index (χ1) is 10.1. The van der Waals surface area contributed by atoms with Gasteiger partial charge in [-0.25, -0.2) is 4.39 Å². The van der Waals surface area contributed by atoms with Crippen LogP contribution in [0.4, 0.5) is 10.1 Å². The molecular weight excluding hydrogens is 289 g/mol. The highest BCUT2D eigenvalue weighted by atomic mass is 35.5. The number of nitrogens with zero attached hydrogens (tertiary/aromatic N) is 2. The van der Waals surface area contributed by atoms with E-state index in [0.717, 1.165) is 22.2 Å². The molecule has 1 unspecified atom stereocenters. The Bertz CT molecular complexity index is 791. The normalized spacial score (nSPS) is 12.3. The van der Waals surface area contributed by atoms with Crippen LogP contribution in [0.15, 0.2) is 48.9 Å². The SMILES string of the molecule is CC(Nc1ccc(Cl)c2cccnc12)c1cncc(F)c1. The number of hydrogen-bond acceptors (Lipinski definition) is 3. The molecule has 2 aromatic heterocycles. The van der Waals surface area contributed by atoms with Crippen molar-refractivity contribution in [2.75, 3.05) is 5.32 Å². The van der Waals surface area contributed by atoms with Crippen molar-refractivity contribution < 1.29 is 4.39 Å². The molecule has 1 N–H and O–H groups in total. The summed E-state index contributed by atoms with van der Waals surface area (Å²) < 4.78 is 13.3. The molecule has 21 heavy (non-hydrogen) atoms. The number of fused-ring (bicyclic) bond motifs is 1. The van der Waals surface area contributed by atoms with Crippen LogP contribution in [-0.2, 0) is 0 Å². The molecule has 0 radical (unpaired) electrons. The molecule has 3 nitrogen and oxygen atoms in total. The molecule has 3 aromatic rings. The predicted molar refractivity (Wildman–Crippen MR) is 83.0 cm³/mol. The third-order valence-electron chi connectivity index (χ3n) is 3.31. The van der Waals surface area contributed by atoms with Gasteiger partial charge in [0, 0.05) is 17.8 Å². The van der Waals surface area contributed by atoms with Crippen LogP contribution in [0.5, 0.6) is 0 Å². The highest BCUT2D eigenvalue weighted by molar-refractivity contribution is 6.35. The summed E-state index contributed by atoms with van der Waals surface area (Å²) in [6.07, 6.45) is 4.56. The molecule has 0 spiro atoms. The van der Waals surface area contributed by atoms with Crippen LogP contribution < -0.4 is 5.32 Å². The van der Waals surface area contributed by atoms with E-state index in [9.17, 15) is 4.39 Å². The number of rotatable bonds is 3. The lowest BCUT2D eigenvalue weighted by molar-refractivity contribution is 0.616. The predicted octanol–water partition coefficient (Wildman–Crippen LogP) is 4.60.